The molecule has 5 heteroatoms. The van der Waals surface area contributed by atoms with E-state index in [1.165, 1.54) is 0 Å². The van der Waals surface area contributed by atoms with Crippen molar-refractivity contribution in [3.05, 3.63) is 17.3 Å². The molecule has 0 bridgehead atoms. The summed E-state index contributed by atoms with van der Waals surface area (Å²) in [7, 11) is 0. The Morgan fingerprint density at radius 1 is 1.24 bits per heavy atom. The van der Waals surface area contributed by atoms with Crippen LogP contribution >= 0.6 is 0 Å². The van der Waals surface area contributed by atoms with Gasteiger partial charge in [-0.2, -0.15) is 0 Å². The Balaban J connectivity index is 1.92. The van der Waals surface area contributed by atoms with Crippen LogP contribution in [0.25, 0.3) is 0 Å². The third kappa shape index (κ3) is 5.56. The largest absolute Gasteiger partial charge is 0.445 e. The smallest absolute Gasteiger partial charge is 0.220 e. The fourth-order valence-corrected chi connectivity index (χ4v) is 3.93. The lowest BCUT2D eigenvalue weighted by Gasteiger charge is -2.46. The maximum absolute atomic E-state index is 12.4. The van der Waals surface area contributed by atoms with E-state index in [2.05, 4.69) is 64.1 Å². The standard InChI is InChI=1S/C20H35N3O2/c1-13-15(25-17(21-13)18(2,3)4)9-10-16(24)22-14-11-19(5,6)23-20(7,8)12-14/h14,23H,9-12H2,1-8H3,(H,22,24). The number of nitrogens with zero attached hydrogens (tertiary/aromatic N) is 1. The highest BCUT2D eigenvalue weighted by atomic mass is 16.4. The van der Waals surface area contributed by atoms with Crippen LogP contribution in [0.5, 0.6) is 0 Å². The molecule has 0 aromatic carbocycles. The first-order valence-corrected chi connectivity index (χ1v) is 9.33. The minimum Gasteiger partial charge on any atom is -0.445 e. The fraction of sp³-hybridized carbons (Fsp3) is 0.800. The number of oxazole rings is 1. The molecule has 1 amide bonds. The molecule has 25 heavy (non-hydrogen) atoms. The molecule has 1 aromatic heterocycles. The number of carbonyl (C=O) groups excluding carboxylic acids is 1. The van der Waals surface area contributed by atoms with Gasteiger partial charge in [-0.15, -0.1) is 0 Å². The van der Waals surface area contributed by atoms with Crippen molar-refractivity contribution in [3.63, 3.8) is 0 Å². The second kappa shape index (κ2) is 6.75. The summed E-state index contributed by atoms with van der Waals surface area (Å²) in [6, 6.07) is 0.208. The van der Waals surface area contributed by atoms with E-state index in [-0.39, 0.29) is 28.4 Å². The molecule has 0 radical (unpaired) electrons. The van der Waals surface area contributed by atoms with Gasteiger partial charge in [0.1, 0.15) is 5.76 Å². The molecule has 2 N–H and O–H groups in total. The minimum atomic E-state index is -0.114. The average Bonchev–Trinajstić information content (AvgIpc) is 2.73. The number of piperidine rings is 1. The Bertz CT molecular complexity index is 607. The maximum atomic E-state index is 12.4. The molecule has 0 unspecified atom stereocenters. The van der Waals surface area contributed by atoms with Crippen molar-refractivity contribution in [1.29, 1.82) is 0 Å². The number of hydrogen-bond donors (Lipinski definition) is 2. The van der Waals surface area contributed by atoms with E-state index in [9.17, 15) is 4.79 Å². The molecule has 1 aliphatic heterocycles. The second-order valence-corrected chi connectivity index (χ2v) is 9.84. The van der Waals surface area contributed by atoms with Crippen molar-refractivity contribution >= 4 is 5.91 Å². The van der Waals surface area contributed by atoms with Gasteiger partial charge in [-0.3, -0.25) is 4.79 Å². The molecule has 0 spiro atoms. The highest BCUT2D eigenvalue weighted by molar-refractivity contribution is 5.76. The van der Waals surface area contributed by atoms with Crippen molar-refractivity contribution < 1.29 is 9.21 Å². The van der Waals surface area contributed by atoms with Gasteiger partial charge in [-0.25, -0.2) is 4.98 Å². The molecule has 0 saturated carbocycles. The van der Waals surface area contributed by atoms with Crippen LogP contribution in [-0.4, -0.2) is 28.0 Å². The van der Waals surface area contributed by atoms with Crippen LogP contribution in [0.4, 0.5) is 0 Å². The van der Waals surface area contributed by atoms with Crippen LogP contribution in [0.3, 0.4) is 0 Å². The third-order valence-corrected chi connectivity index (χ3v) is 4.67. The predicted molar refractivity (Wildman–Crippen MR) is 101 cm³/mol. The van der Waals surface area contributed by atoms with Crippen LogP contribution in [0.1, 0.15) is 85.1 Å². The topological polar surface area (TPSA) is 67.2 Å². The van der Waals surface area contributed by atoms with E-state index in [4.69, 9.17) is 4.42 Å². The molecule has 2 heterocycles. The minimum absolute atomic E-state index is 0.0306. The molecule has 5 nitrogen and oxygen atoms in total. The summed E-state index contributed by atoms with van der Waals surface area (Å²) in [6.07, 6.45) is 2.91. The molecule has 0 aliphatic carbocycles. The Hall–Kier alpha value is -1.36. The lowest BCUT2D eigenvalue weighted by atomic mass is 9.79. The summed E-state index contributed by atoms with van der Waals surface area (Å²) in [6.45, 7) is 17.0. The number of nitrogens with one attached hydrogen (secondary N) is 2. The average molecular weight is 350 g/mol. The van der Waals surface area contributed by atoms with Crippen molar-refractivity contribution in [2.75, 3.05) is 0 Å². The zero-order chi connectivity index (χ0) is 19.0. The van der Waals surface area contributed by atoms with E-state index in [1.807, 2.05) is 6.92 Å². The number of carbonyl (C=O) groups is 1. The second-order valence-electron chi connectivity index (χ2n) is 9.84. The van der Waals surface area contributed by atoms with Gasteiger partial charge in [0, 0.05) is 35.4 Å². The number of hydrogen-bond acceptors (Lipinski definition) is 4. The first-order chi connectivity index (χ1) is 11.3. The summed E-state index contributed by atoms with van der Waals surface area (Å²) in [4.78, 5) is 16.9. The first-order valence-electron chi connectivity index (χ1n) is 9.33. The SMILES string of the molecule is Cc1nc(C(C)(C)C)oc1CCC(=O)NC1CC(C)(C)NC(C)(C)C1. The van der Waals surface area contributed by atoms with Gasteiger partial charge in [0.05, 0.1) is 5.69 Å². The van der Waals surface area contributed by atoms with Crippen molar-refractivity contribution in [2.24, 2.45) is 0 Å². The molecule has 1 aromatic rings. The molecule has 0 atom stereocenters. The number of rotatable bonds is 4. The van der Waals surface area contributed by atoms with Crippen molar-refractivity contribution in [1.82, 2.24) is 15.6 Å². The molecular formula is C20H35N3O2. The number of aryl methyl sites for hydroxylation is 2. The lowest BCUT2D eigenvalue weighted by molar-refractivity contribution is -0.122. The quantitative estimate of drug-likeness (QED) is 0.871. The fourth-order valence-electron chi connectivity index (χ4n) is 3.93. The highest BCUT2D eigenvalue weighted by Crippen LogP contribution is 2.29. The van der Waals surface area contributed by atoms with Crippen LogP contribution in [-0.2, 0) is 16.6 Å². The summed E-state index contributed by atoms with van der Waals surface area (Å²) < 4.78 is 5.88. The number of amides is 1. The predicted octanol–water partition coefficient (Wildman–Crippen LogP) is 3.64. The van der Waals surface area contributed by atoms with Crippen molar-refractivity contribution in [3.8, 4) is 0 Å². The molecule has 1 fully saturated rings. The zero-order valence-corrected chi connectivity index (χ0v) is 17.2. The van der Waals surface area contributed by atoms with Crippen molar-refractivity contribution in [2.45, 2.75) is 104 Å². The van der Waals surface area contributed by atoms with Crippen LogP contribution < -0.4 is 10.6 Å². The van der Waals surface area contributed by atoms with E-state index in [0.29, 0.717) is 12.8 Å². The first kappa shape index (κ1) is 20.0. The normalized spacial score (nSPS) is 20.5. The van der Waals surface area contributed by atoms with E-state index in [0.717, 1.165) is 30.2 Å². The Morgan fingerprint density at radius 2 is 1.80 bits per heavy atom. The Morgan fingerprint density at radius 3 is 2.28 bits per heavy atom. The van der Waals surface area contributed by atoms with E-state index < -0.39 is 0 Å². The van der Waals surface area contributed by atoms with Gasteiger partial charge in [-0.05, 0) is 47.5 Å². The summed E-state index contributed by atoms with van der Waals surface area (Å²) in [5, 5.41) is 6.86. The van der Waals surface area contributed by atoms with Gasteiger partial charge in [-0.1, -0.05) is 20.8 Å². The van der Waals surface area contributed by atoms with E-state index >= 15 is 0 Å². The van der Waals surface area contributed by atoms with Crippen LogP contribution in [0.15, 0.2) is 4.42 Å². The monoisotopic (exact) mass is 349 g/mol. The molecule has 1 aliphatic rings. The van der Waals surface area contributed by atoms with Gasteiger partial charge >= 0.3 is 0 Å². The molecule has 142 valence electrons. The number of aromatic nitrogens is 1. The summed E-state index contributed by atoms with van der Waals surface area (Å²) in [5.41, 5.74) is 0.838. The summed E-state index contributed by atoms with van der Waals surface area (Å²) >= 11 is 0. The Kier molecular flexibility index (Phi) is 5.39. The van der Waals surface area contributed by atoms with E-state index in [1.54, 1.807) is 0 Å². The molecule has 2 rings (SSSR count). The Labute approximate surface area is 152 Å². The summed E-state index contributed by atoms with van der Waals surface area (Å²) in [5.74, 6) is 1.65. The van der Waals surface area contributed by atoms with Crippen LogP contribution in [0, 0.1) is 6.92 Å². The van der Waals surface area contributed by atoms with Gasteiger partial charge in [0.2, 0.25) is 5.91 Å². The maximum Gasteiger partial charge on any atom is 0.220 e. The molecule has 1 saturated heterocycles. The molecular weight excluding hydrogens is 314 g/mol. The third-order valence-electron chi connectivity index (χ3n) is 4.67. The highest BCUT2D eigenvalue weighted by Gasteiger charge is 2.38. The van der Waals surface area contributed by atoms with Gasteiger partial charge in [0.15, 0.2) is 5.89 Å². The lowest BCUT2D eigenvalue weighted by Crippen LogP contribution is -2.62. The van der Waals surface area contributed by atoms with Gasteiger partial charge in [0.25, 0.3) is 0 Å². The zero-order valence-electron chi connectivity index (χ0n) is 17.2. The van der Waals surface area contributed by atoms with Crippen LogP contribution in [0.2, 0.25) is 0 Å². The van der Waals surface area contributed by atoms with Gasteiger partial charge < -0.3 is 15.1 Å².